The maximum absolute atomic E-state index is 13.6. The van der Waals surface area contributed by atoms with Crippen molar-refractivity contribution in [2.24, 2.45) is 0 Å². The minimum absolute atomic E-state index is 0.0446. The average molecular weight is 508 g/mol. The molecule has 170 valence electrons. The summed E-state index contributed by atoms with van der Waals surface area (Å²) in [5.74, 6) is -0.714. The monoisotopic (exact) mass is 507 g/mol. The first-order chi connectivity index (χ1) is 15.8. The minimum atomic E-state index is -0.695. The number of benzene rings is 3. The molecule has 0 radical (unpaired) electrons. The van der Waals surface area contributed by atoms with Crippen LogP contribution in [0.3, 0.4) is 0 Å². The Morgan fingerprint density at radius 2 is 1.67 bits per heavy atom. The number of hydrogen-bond donors (Lipinski definition) is 1. The lowest BCUT2D eigenvalue weighted by Gasteiger charge is -2.31. The Labute approximate surface area is 201 Å². The van der Waals surface area contributed by atoms with Crippen molar-refractivity contribution in [1.29, 1.82) is 0 Å². The van der Waals surface area contributed by atoms with E-state index in [4.69, 9.17) is 0 Å². The van der Waals surface area contributed by atoms with Crippen LogP contribution in [0.5, 0.6) is 0 Å². The molecular weight excluding hydrogens is 482 g/mol. The van der Waals surface area contributed by atoms with Gasteiger partial charge in [0.2, 0.25) is 11.8 Å². The Morgan fingerprint density at radius 1 is 1.00 bits per heavy atom. The molecule has 1 aliphatic rings. The number of hydrogen-bond acceptors (Lipinski definition) is 3. The van der Waals surface area contributed by atoms with Gasteiger partial charge in [-0.05, 0) is 56.0 Å². The summed E-state index contributed by atoms with van der Waals surface area (Å²) in [6, 6.07) is 18.2. The molecule has 0 aromatic heterocycles. The Hall–Kier alpha value is -3.19. The zero-order chi connectivity index (χ0) is 23.7. The molecule has 0 unspecified atom stereocenters. The number of carbonyl (C=O) groups excluding carboxylic acids is 3. The lowest BCUT2D eigenvalue weighted by Crippen LogP contribution is -2.51. The molecular formula is C26H26BrN3O3. The highest BCUT2D eigenvalue weighted by molar-refractivity contribution is 9.10. The van der Waals surface area contributed by atoms with Crippen molar-refractivity contribution in [3.8, 4) is 0 Å². The van der Waals surface area contributed by atoms with E-state index in [1.807, 2.05) is 68.4 Å². The molecule has 0 bridgehead atoms. The normalized spacial score (nSPS) is 13.5. The average Bonchev–Trinajstić information content (AvgIpc) is 3.05. The maximum atomic E-state index is 13.6. The van der Waals surface area contributed by atoms with Crippen LogP contribution < -0.4 is 10.2 Å². The Morgan fingerprint density at radius 3 is 2.33 bits per heavy atom. The Kier molecular flexibility index (Phi) is 6.51. The summed E-state index contributed by atoms with van der Waals surface area (Å²) in [5, 5.41) is 4.71. The van der Waals surface area contributed by atoms with Gasteiger partial charge in [-0.3, -0.25) is 19.3 Å². The van der Waals surface area contributed by atoms with E-state index in [1.165, 1.54) is 9.80 Å². The van der Waals surface area contributed by atoms with E-state index in [-0.39, 0.29) is 36.9 Å². The smallest absolute Gasteiger partial charge is 0.259 e. The number of nitrogens with zero attached hydrogens (tertiary/aromatic N) is 2. The Balaban J connectivity index is 1.62. The molecule has 1 atom stereocenters. The van der Waals surface area contributed by atoms with Gasteiger partial charge in [0.05, 0.1) is 5.69 Å². The molecule has 3 amide bonds. The second-order valence-electron chi connectivity index (χ2n) is 8.56. The summed E-state index contributed by atoms with van der Waals surface area (Å²) < 4.78 is 0.934. The molecule has 1 N–H and O–H groups in total. The molecule has 33 heavy (non-hydrogen) atoms. The number of amides is 3. The predicted molar refractivity (Wildman–Crippen MR) is 133 cm³/mol. The standard InChI is InChI=1S/C26H26BrN3O3/c1-16(2)28-25(32)17(3)29(14-18-10-12-20(27)13-11-18)23(31)15-30-22-9-5-7-19-6-4-8-21(24(19)22)26(30)33/h4-13,16-17H,14-15H2,1-3H3,(H,28,32)/t17-/m0/s1. The van der Waals surface area contributed by atoms with Crippen LogP contribution in [0, 0.1) is 0 Å². The third-order valence-electron chi connectivity index (χ3n) is 5.81. The van der Waals surface area contributed by atoms with E-state index in [0.717, 1.165) is 26.5 Å². The van der Waals surface area contributed by atoms with E-state index in [0.29, 0.717) is 5.56 Å². The van der Waals surface area contributed by atoms with Gasteiger partial charge in [0.1, 0.15) is 12.6 Å². The SMILES string of the molecule is CC(C)NC(=O)[C@H](C)N(Cc1ccc(Br)cc1)C(=O)CN1C(=O)c2cccc3cccc1c23. The van der Waals surface area contributed by atoms with Crippen molar-refractivity contribution < 1.29 is 14.4 Å². The third-order valence-corrected chi connectivity index (χ3v) is 6.34. The van der Waals surface area contributed by atoms with Gasteiger partial charge in [0.25, 0.3) is 5.91 Å². The van der Waals surface area contributed by atoms with Gasteiger partial charge in [-0.15, -0.1) is 0 Å². The summed E-state index contributed by atoms with van der Waals surface area (Å²) >= 11 is 3.42. The van der Waals surface area contributed by atoms with Crippen molar-refractivity contribution in [2.75, 3.05) is 11.4 Å². The van der Waals surface area contributed by atoms with Crippen molar-refractivity contribution in [2.45, 2.75) is 39.4 Å². The molecule has 6 nitrogen and oxygen atoms in total. The molecule has 1 aliphatic heterocycles. The largest absolute Gasteiger partial charge is 0.352 e. The molecule has 0 saturated carbocycles. The molecule has 0 saturated heterocycles. The summed E-state index contributed by atoms with van der Waals surface area (Å²) in [4.78, 5) is 42.6. The van der Waals surface area contributed by atoms with Crippen LogP contribution in [-0.4, -0.2) is 41.2 Å². The quantitative estimate of drug-likeness (QED) is 0.511. The first-order valence-electron chi connectivity index (χ1n) is 10.9. The molecule has 7 heteroatoms. The van der Waals surface area contributed by atoms with Crippen molar-refractivity contribution in [3.63, 3.8) is 0 Å². The summed E-state index contributed by atoms with van der Waals surface area (Å²) in [7, 11) is 0. The van der Waals surface area contributed by atoms with Gasteiger partial charge in [-0.25, -0.2) is 0 Å². The van der Waals surface area contributed by atoms with E-state index in [9.17, 15) is 14.4 Å². The topological polar surface area (TPSA) is 69.7 Å². The van der Waals surface area contributed by atoms with E-state index in [2.05, 4.69) is 21.2 Å². The third kappa shape index (κ3) is 4.64. The van der Waals surface area contributed by atoms with Crippen molar-refractivity contribution in [1.82, 2.24) is 10.2 Å². The first-order valence-corrected chi connectivity index (χ1v) is 11.7. The highest BCUT2D eigenvalue weighted by atomic mass is 79.9. The minimum Gasteiger partial charge on any atom is -0.352 e. The summed E-state index contributed by atoms with van der Waals surface area (Å²) in [6.45, 7) is 5.61. The lowest BCUT2D eigenvalue weighted by molar-refractivity contribution is -0.139. The van der Waals surface area contributed by atoms with Gasteiger partial charge in [-0.1, -0.05) is 52.3 Å². The zero-order valence-electron chi connectivity index (χ0n) is 18.8. The number of halogens is 1. The zero-order valence-corrected chi connectivity index (χ0v) is 20.4. The van der Waals surface area contributed by atoms with Crippen LogP contribution in [0.4, 0.5) is 5.69 Å². The van der Waals surface area contributed by atoms with Gasteiger partial charge in [-0.2, -0.15) is 0 Å². The molecule has 1 heterocycles. The van der Waals surface area contributed by atoms with Gasteiger partial charge in [0, 0.05) is 28.0 Å². The first kappa shape index (κ1) is 23.0. The number of nitrogens with one attached hydrogen (secondary N) is 1. The van der Waals surface area contributed by atoms with Gasteiger partial charge >= 0.3 is 0 Å². The summed E-state index contributed by atoms with van der Waals surface area (Å²) in [5.41, 5.74) is 2.22. The highest BCUT2D eigenvalue weighted by Gasteiger charge is 2.34. The predicted octanol–water partition coefficient (Wildman–Crippen LogP) is 4.50. The Bertz CT molecular complexity index is 1220. The number of rotatable bonds is 7. The van der Waals surface area contributed by atoms with Crippen molar-refractivity contribution >= 4 is 50.1 Å². The molecule has 0 aliphatic carbocycles. The fourth-order valence-electron chi connectivity index (χ4n) is 4.14. The van der Waals surface area contributed by atoms with Gasteiger partial charge < -0.3 is 10.2 Å². The molecule has 3 aromatic carbocycles. The maximum Gasteiger partial charge on any atom is 0.259 e. The van der Waals surface area contributed by atoms with Crippen molar-refractivity contribution in [3.05, 3.63) is 76.3 Å². The molecule has 0 spiro atoms. The van der Waals surface area contributed by atoms with E-state index < -0.39 is 6.04 Å². The fraction of sp³-hybridized carbons (Fsp3) is 0.269. The summed E-state index contributed by atoms with van der Waals surface area (Å²) in [6.07, 6.45) is 0. The second kappa shape index (κ2) is 9.35. The lowest BCUT2D eigenvalue weighted by atomic mass is 10.1. The molecule has 3 aromatic rings. The van der Waals surface area contributed by atoms with Gasteiger partial charge in [0.15, 0.2) is 0 Å². The number of carbonyl (C=O) groups is 3. The van der Waals surface area contributed by atoms with Crippen LogP contribution in [0.25, 0.3) is 10.8 Å². The number of anilines is 1. The van der Waals surface area contributed by atoms with Crippen LogP contribution in [-0.2, 0) is 16.1 Å². The fourth-order valence-corrected chi connectivity index (χ4v) is 4.40. The van der Waals surface area contributed by atoms with E-state index in [1.54, 1.807) is 13.0 Å². The van der Waals surface area contributed by atoms with E-state index >= 15 is 0 Å². The second-order valence-corrected chi connectivity index (χ2v) is 9.48. The van der Waals surface area contributed by atoms with Crippen LogP contribution >= 0.6 is 15.9 Å². The van der Waals surface area contributed by atoms with Crippen LogP contribution in [0.2, 0.25) is 0 Å². The molecule has 4 rings (SSSR count). The highest BCUT2D eigenvalue weighted by Crippen LogP contribution is 2.37. The van der Waals surface area contributed by atoms with Crippen LogP contribution in [0.15, 0.2) is 65.1 Å². The molecule has 0 fully saturated rings. The van der Waals surface area contributed by atoms with Crippen LogP contribution in [0.1, 0.15) is 36.7 Å².